The molecule has 31 nitrogen and oxygen atoms in total. The molecule has 5 N–H and O–H groups in total. The van der Waals surface area contributed by atoms with Crippen molar-refractivity contribution in [2.45, 2.75) is 215 Å². The minimum atomic E-state index is -3.90. The second-order valence-electron chi connectivity index (χ2n) is 26.9. The van der Waals surface area contributed by atoms with Gasteiger partial charge in [-0.2, -0.15) is 16.8 Å². The van der Waals surface area contributed by atoms with Crippen LogP contribution in [0.15, 0.2) is 112 Å². The summed E-state index contributed by atoms with van der Waals surface area (Å²) < 4.78 is 154. The van der Waals surface area contributed by atoms with Crippen LogP contribution in [0, 0.1) is 68.1 Å². The van der Waals surface area contributed by atoms with Crippen LogP contribution in [0.3, 0.4) is 0 Å². The highest BCUT2D eigenvalue weighted by atomic mass is 35.7. The van der Waals surface area contributed by atoms with E-state index in [9.17, 15) is 64.5 Å². The fourth-order valence-corrected chi connectivity index (χ4v) is 15.7. The minimum Gasteiger partial charge on any atom is -0.462 e. The maximum atomic E-state index is 12.5. The number of hydrogen-bond donors (Lipinski definition) is 5. The minimum absolute atomic E-state index is 0. The summed E-state index contributed by atoms with van der Waals surface area (Å²) in [5.41, 5.74) is 4.66. The van der Waals surface area contributed by atoms with Gasteiger partial charge >= 0.3 is 23.9 Å². The van der Waals surface area contributed by atoms with E-state index in [-0.39, 0.29) is 182 Å². The fourth-order valence-electron chi connectivity index (χ4n) is 13.0. The Hall–Kier alpha value is -5.65. The number of esters is 4. The first-order valence-electron chi connectivity index (χ1n) is 36.6. The van der Waals surface area contributed by atoms with Gasteiger partial charge in [-0.05, 0) is 82.1 Å². The molecule has 0 saturated heterocycles. The average molecular weight is 1790 g/mol. The Morgan fingerprint density at radius 3 is 1.03 bits per heavy atom. The van der Waals surface area contributed by atoms with E-state index in [0.29, 0.717) is 65.1 Å². The average Bonchev–Trinajstić information content (AvgIpc) is 1.67. The van der Waals surface area contributed by atoms with Crippen molar-refractivity contribution < 1.29 is 146 Å². The third kappa shape index (κ3) is 45.5. The molecule has 3 aromatic rings. The molecular weight excluding hydrogens is 1640 g/mol. The third-order valence-corrected chi connectivity index (χ3v) is 22.7. The van der Waals surface area contributed by atoms with Crippen LogP contribution < -0.4 is 0 Å². The topological polar surface area (TPSA) is 427 Å². The van der Waals surface area contributed by atoms with Gasteiger partial charge in [0.1, 0.15) is 18.0 Å². The number of Topliss-reactive ketones (excluding diaryl/α,β-unsaturated/α-hetero) is 1. The van der Waals surface area contributed by atoms with Crippen molar-refractivity contribution in [3.63, 3.8) is 0 Å². The highest BCUT2D eigenvalue weighted by Gasteiger charge is 2.48. The zero-order chi connectivity index (χ0) is 87.4. The Bertz CT molecular complexity index is 3620. The van der Waals surface area contributed by atoms with Crippen molar-refractivity contribution in [3.8, 4) is 0 Å². The maximum Gasteiger partial charge on any atom is 0.310 e. The number of aliphatic hydroxyl groups excluding tert-OH is 5. The molecule has 0 aromatic heterocycles. The quantitative estimate of drug-likeness (QED) is 0.0118. The summed E-state index contributed by atoms with van der Waals surface area (Å²) in [6, 6.07) is 19.3. The molecule has 3 aromatic carbocycles. The van der Waals surface area contributed by atoms with Crippen LogP contribution in [0.2, 0.25) is 0 Å². The lowest BCUT2D eigenvalue weighted by Crippen LogP contribution is -2.33. The molecule has 0 radical (unpaired) electrons. The molecule has 35 heteroatoms. The number of halogens is 1. The van der Waals surface area contributed by atoms with Gasteiger partial charge in [0.15, 0.2) is 0 Å². The highest BCUT2D eigenvalue weighted by Crippen LogP contribution is 2.40. The van der Waals surface area contributed by atoms with Crippen molar-refractivity contribution in [1.29, 1.82) is 0 Å². The number of rotatable bonds is 27. The van der Waals surface area contributed by atoms with Crippen molar-refractivity contribution in [2.75, 3.05) is 131 Å². The lowest BCUT2D eigenvalue weighted by atomic mass is 9.95. The predicted octanol–water partition coefficient (Wildman–Crippen LogP) is 10.7. The van der Waals surface area contributed by atoms with Crippen LogP contribution >= 0.6 is 10.7 Å². The number of aliphatic hydroxyl groups is 5. The molecule has 0 aliphatic heterocycles. The molecule has 0 heterocycles. The summed E-state index contributed by atoms with van der Waals surface area (Å²) in [7, 11) is 10.9. The molecule has 5 saturated carbocycles. The normalized spacial score (nSPS) is 24.8. The van der Waals surface area contributed by atoms with Crippen LogP contribution in [0.25, 0.3) is 0 Å². The number of hydrogen-bond acceptors (Lipinski definition) is 31. The standard InChI is InChI=1S/C18H26O7S.C16H24O6S.C11H18O4.C9H18O4.C9H16O3.C7H7ClO2S.C4H6O3.C3H6O.CH4O.6CH4/c1-12-5-7-14(8-6-12)26(20,21)24-11-16-15(10-22-3)17(23-4)9-18(16)25-13(2)19;1-11-4-6-12(7-5-11)23(18,19)22-10-13-14(9-20-2)16(21-3)8-15(13)17;1-7-9(6-13-3)11(14-4)5-10(7)15-8(2)12;1-12-5-7-6(4-10)8(11)3-9(7)13-2;1-6-7(5-11-2)9(12-3)4-8(6)10;1-6-2-4-7(5-3-6)11(8,9)10;1-3(5)7-4(2)6;1-3(2)4;1-2;;;;;;/h5-8,15-18H,9-11H2,1-4H3;4-7,13-17H,8-10H2,1-3H3;9-11H,1,5-6H2,2-4H3;6-11H,3-5H2,1-2H3;7-10H,1,4-5H2,2-3H3;2-5H,1H3;1-2H3;1-2H3;2H,1H3;6*1H4/t15-,16-,17-,18+;13-,14-,15+,16-;9-,10+,11-;6-,7-,8+,9-;7-,8+,9-;;;;;;;;;;/m00000........../s1/i;;;;;;;1D;;;;;;;. The summed E-state index contributed by atoms with van der Waals surface area (Å²) >= 11 is 0. The van der Waals surface area contributed by atoms with Crippen LogP contribution in [-0.4, -0.2) is 273 Å². The van der Waals surface area contributed by atoms with Crippen molar-refractivity contribution in [1.82, 2.24) is 0 Å². The number of ketones is 1. The Labute approximate surface area is 718 Å². The van der Waals surface area contributed by atoms with E-state index in [4.69, 9.17) is 87.5 Å². The van der Waals surface area contributed by atoms with E-state index >= 15 is 0 Å². The van der Waals surface area contributed by atoms with E-state index in [1.54, 1.807) is 107 Å². The summed E-state index contributed by atoms with van der Waals surface area (Å²) in [5.74, 6) is -2.58. The molecular formula is C84H149ClO31S3. The van der Waals surface area contributed by atoms with E-state index in [1.165, 1.54) is 71.0 Å². The summed E-state index contributed by atoms with van der Waals surface area (Å²) in [5, 5.41) is 45.3. The second kappa shape index (κ2) is 65.9. The highest BCUT2D eigenvalue weighted by molar-refractivity contribution is 8.13. The molecule has 5 fully saturated rings. The Morgan fingerprint density at radius 2 is 0.714 bits per heavy atom. The smallest absolute Gasteiger partial charge is 0.310 e. The van der Waals surface area contributed by atoms with Gasteiger partial charge in [-0.25, -0.2) is 8.42 Å². The zero-order valence-corrected chi connectivity index (χ0v) is 71.8. The van der Waals surface area contributed by atoms with E-state index in [0.717, 1.165) is 34.9 Å². The third-order valence-electron chi connectivity index (χ3n) is 18.7. The Balaban J connectivity index is -0.000000250. The second-order valence-corrected chi connectivity index (χ2v) is 32.7. The first-order chi connectivity index (χ1) is 53.6. The van der Waals surface area contributed by atoms with E-state index in [2.05, 4.69) is 17.9 Å². The van der Waals surface area contributed by atoms with E-state index in [1.807, 2.05) is 20.8 Å². The Morgan fingerprint density at radius 1 is 0.412 bits per heavy atom. The first kappa shape index (κ1) is 124. The van der Waals surface area contributed by atoms with Gasteiger partial charge in [0.2, 0.25) is 0 Å². The number of aryl methyl sites for hydroxylation is 3. The van der Waals surface area contributed by atoms with Gasteiger partial charge in [0.25, 0.3) is 29.3 Å². The number of benzene rings is 3. The van der Waals surface area contributed by atoms with Crippen molar-refractivity contribution >= 4 is 69.6 Å². The predicted molar refractivity (Wildman–Crippen MR) is 459 cm³/mol. The van der Waals surface area contributed by atoms with Crippen LogP contribution in [-0.2, 0) is 123 Å². The van der Waals surface area contributed by atoms with Crippen LogP contribution in [0.1, 0.15) is 136 Å². The van der Waals surface area contributed by atoms with E-state index < -0.39 is 71.6 Å². The van der Waals surface area contributed by atoms with Gasteiger partial charge < -0.3 is 91.9 Å². The van der Waals surface area contributed by atoms with Crippen LogP contribution in [0.4, 0.5) is 0 Å². The van der Waals surface area contributed by atoms with Gasteiger partial charge in [-0.1, -0.05) is 111 Å². The van der Waals surface area contributed by atoms with Crippen molar-refractivity contribution in [2.24, 2.45) is 47.3 Å². The number of carbonyl (C=O) groups excluding carboxylic acids is 5. The lowest BCUT2D eigenvalue weighted by molar-refractivity contribution is -0.156. The molecule has 5 aliphatic rings. The van der Waals surface area contributed by atoms with Gasteiger partial charge in [-0.3, -0.25) is 27.5 Å². The summed E-state index contributed by atoms with van der Waals surface area (Å²) in [6.07, 6.45) is 0.294. The number of carbonyl (C=O) groups is 5. The lowest BCUT2D eigenvalue weighted by Gasteiger charge is -2.25. The molecule has 18 atom stereocenters. The van der Waals surface area contributed by atoms with Gasteiger partial charge in [-0.15, -0.1) is 0 Å². The first-order valence-corrected chi connectivity index (χ1v) is 41.0. The van der Waals surface area contributed by atoms with Gasteiger partial charge in [0.05, 0.1) is 110 Å². The zero-order valence-electron chi connectivity index (χ0n) is 69.6. The number of methoxy groups -OCH3 is 10. The summed E-state index contributed by atoms with van der Waals surface area (Å²) in [6.45, 7) is 22.0. The molecule has 0 bridgehead atoms. The summed E-state index contributed by atoms with van der Waals surface area (Å²) in [4.78, 5) is 51.9. The molecule has 0 spiro atoms. The molecule has 119 heavy (non-hydrogen) atoms. The fraction of sp³-hybridized carbons (Fsp3) is 0.679. The monoisotopic (exact) mass is 1790 g/mol. The molecule has 696 valence electrons. The molecule has 8 rings (SSSR count). The van der Waals surface area contributed by atoms with Gasteiger partial charge in [0, 0.05) is 204 Å². The molecule has 0 amide bonds. The van der Waals surface area contributed by atoms with Crippen LogP contribution in [0.5, 0.6) is 0 Å². The maximum absolute atomic E-state index is 12.5. The largest absolute Gasteiger partial charge is 0.462 e. The molecule has 5 aliphatic carbocycles. The SMILES string of the molecule is C.C.C.C.C.C.C=C1[C@H](O)C[C@H](OC)[C@H]1COC.C=C1[C@H](OC(C)=O)C[C@H](OC)[C@H]1COC.CC(=O)OC(C)=O.CO.COC[C@H]1[C@H](CO)[C@H](O)C[C@@H]1OC.COC[C@H]1[C@H](COS(=O)(=O)c2ccc(C)cc2)[C@H](O)C[C@@H]1OC.COC[C@H]1[C@H](COS(=O)(=O)c2ccc(C)cc2)[C@H](OC(C)=O)C[C@@H]1OC.Cc1ccc(S(=O)(=O)Cl)cc1.[2H]CC(C)=O. The number of ether oxygens (including phenoxy) is 13. The molecule has 0 unspecified atom stereocenters. The Kier molecular flexibility index (Phi) is 68.8. The van der Waals surface area contributed by atoms with Crippen molar-refractivity contribution in [3.05, 3.63) is 114 Å².